The lowest BCUT2D eigenvalue weighted by molar-refractivity contribution is -0.120. The standard InChI is InChI=1S/C23H21FN4OS/c1-14-5-7-16(8-6-14)27-23(29)15-9-11-28(12-10-15)22-21-20(25-13-26-22)19-17(24)3-2-4-18(19)30-21/h2-8,13,15H,9-12H2,1H3,(H,27,29). The van der Waals surface area contributed by atoms with Crippen LogP contribution in [0.1, 0.15) is 18.4 Å². The number of fused-ring (bicyclic) bond motifs is 3. The summed E-state index contributed by atoms with van der Waals surface area (Å²) >= 11 is 1.52. The molecule has 1 fully saturated rings. The molecule has 1 saturated heterocycles. The number of rotatable bonds is 3. The van der Waals surface area contributed by atoms with Gasteiger partial charge in [0, 0.05) is 29.4 Å². The molecule has 30 heavy (non-hydrogen) atoms. The molecule has 3 heterocycles. The van der Waals surface area contributed by atoms with Crippen LogP contribution < -0.4 is 10.2 Å². The monoisotopic (exact) mass is 420 g/mol. The van der Waals surface area contributed by atoms with Crippen molar-refractivity contribution in [2.24, 2.45) is 5.92 Å². The zero-order valence-corrected chi connectivity index (χ0v) is 17.4. The Morgan fingerprint density at radius 3 is 2.67 bits per heavy atom. The number of anilines is 2. The summed E-state index contributed by atoms with van der Waals surface area (Å²) in [5, 5.41) is 3.59. The fraction of sp³-hybridized carbons (Fsp3) is 0.261. The minimum absolute atomic E-state index is 0.0280. The van der Waals surface area contributed by atoms with Crippen molar-refractivity contribution in [2.75, 3.05) is 23.3 Å². The van der Waals surface area contributed by atoms with E-state index in [9.17, 15) is 9.18 Å². The highest BCUT2D eigenvalue weighted by atomic mass is 32.1. The van der Waals surface area contributed by atoms with Crippen LogP contribution in [0.4, 0.5) is 15.9 Å². The van der Waals surface area contributed by atoms with E-state index >= 15 is 0 Å². The van der Waals surface area contributed by atoms with Crippen molar-refractivity contribution < 1.29 is 9.18 Å². The molecule has 152 valence electrons. The fourth-order valence-corrected chi connectivity index (χ4v) is 5.21. The maximum atomic E-state index is 14.4. The van der Waals surface area contributed by atoms with E-state index in [1.54, 1.807) is 6.07 Å². The molecule has 0 atom stereocenters. The average Bonchev–Trinajstić information content (AvgIpc) is 3.15. The summed E-state index contributed by atoms with van der Waals surface area (Å²) in [5.74, 6) is 0.614. The Hall–Kier alpha value is -3.06. The predicted molar refractivity (Wildman–Crippen MR) is 120 cm³/mol. The Bertz CT molecular complexity index is 1230. The van der Waals surface area contributed by atoms with E-state index in [1.807, 2.05) is 37.3 Å². The second-order valence-electron chi connectivity index (χ2n) is 7.71. The van der Waals surface area contributed by atoms with E-state index in [0.29, 0.717) is 10.9 Å². The van der Waals surface area contributed by atoms with Gasteiger partial charge in [-0.15, -0.1) is 11.3 Å². The average molecular weight is 421 g/mol. The number of carbonyl (C=O) groups is 1. The van der Waals surface area contributed by atoms with E-state index in [0.717, 1.165) is 46.8 Å². The van der Waals surface area contributed by atoms with Gasteiger partial charge < -0.3 is 10.2 Å². The summed E-state index contributed by atoms with van der Waals surface area (Å²) in [5.41, 5.74) is 2.66. The topological polar surface area (TPSA) is 58.1 Å². The van der Waals surface area contributed by atoms with Crippen molar-refractivity contribution in [3.8, 4) is 0 Å². The molecule has 1 aliphatic rings. The number of nitrogens with one attached hydrogen (secondary N) is 1. The first kappa shape index (κ1) is 18.9. The molecule has 4 aromatic rings. The van der Waals surface area contributed by atoms with E-state index in [2.05, 4.69) is 20.2 Å². The molecule has 0 saturated carbocycles. The van der Waals surface area contributed by atoms with E-state index in [4.69, 9.17) is 0 Å². The molecule has 5 nitrogen and oxygen atoms in total. The lowest BCUT2D eigenvalue weighted by Crippen LogP contribution is -2.38. The number of hydrogen-bond donors (Lipinski definition) is 1. The van der Waals surface area contributed by atoms with Gasteiger partial charge in [-0.05, 0) is 44.0 Å². The maximum Gasteiger partial charge on any atom is 0.227 e. The molecule has 7 heteroatoms. The number of carbonyl (C=O) groups excluding carboxylic acids is 1. The second kappa shape index (κ2) is 7.65. The van der Waals surface area contributed by atoms with Crippen molar-refractivity contribution in [1.29, 1.82) is 0 Å². The third-order valence-electron chi connectivity index (χ3n) is 5.69. The quantitative estimate of drug-likeness (QED) is 0.498. The van der Waals surface area contributed by atoms with Gasteiger partial charge >= 0.3 is 0 Å². The lowest BCUT2D eigenvalue weighted by atomic mass is 9.95. The molecule has 0 aliphatic carbocycles. The minimum Gasteiger partial charge on any atom is -0.355 e. The number of thiophene rings is 1. The number of halogens is 1. The maximum absolute atomic E-state index is 14.4. The number of nitrogens with zero attached hydrogens (tertiary/aromatic N) is 3. The van der Waals surface area contributed by atoms with Crippen LogP contribution in [0, 0.1) is 18.7 Å². The molecule has 2 aromatic carbocycles. The Morgan fingerprint density at radius 2 is 1.90 bits per heavy atom. The van der Waals surface area contributed by atoms with Crippen molar-refractivity contribution >= 4 is 49.1 Å². The number of benzene rings is 2. The first-order valence-corrected chi connectivity index (χ1v) is 10.9. The molecule has 1 aliphatic heterocycles. The van der Waals surface area contributed by atoms with E-state index < -0.39 is 0 Å². The molecular formula is C23H21FN4OS. The SMILES string of the molecule is Cc1ccc(NC(=O)C2CCN(c3ncnc4c3sc3cccc(F)c34)CC2)cc1. The Balaban J connectivity index is 1.33. The Labute approximate surface area is 177 Å². The van der Waals surface area contributed by atoms with Gasteiger partial charge in [-0.3, -0.25) is 4.79 Å². The van der Waals surface area contributed by atoms with Crippen LogP contribution in [0.2, 0.25) is 0 Å². The van der Waals surface area contributed by atoms with Crippen LogP contribution in [0.25, 0.3) is 20.3 Å². The van der Waals surface area contributed by atoms with Crippen LogP contribution in [-0.4, -0.2) is 29.0 Å². The fourth-order valence-electron chi connectivity index (χ4n) is 4.03. The Kier molecular flexibility index (Phi) is 4.83. The highest BCUT2D eigenvalue weighted by molar-refractivity contribution is 7.26. The number of amides is 1. The molecule has 1 N–H and O–H groups in total. The van der Waals surface area contributed by atoms with Crippen LogP contribution >= 0.6 is 11.3 Å². The summed E-state index contributed by atoms with van der Waals surface area (Å²) < 4.78 is 16.1. The smallest absolute Gasteiger partial charge is 0.227 e. The third-order valence-corrected chi connectivity index (χ3v) is 6.83. The van der Waals surface area contributed by atoms with Gasteiger partial charge in [-0.2, -0.15) is 0 Å². The summed E-state index contributed by atoms with van der Waals surface area (Å²) in [7, 11) is 0. The van der Waals surface area contributed by atoms with Crippen LogP contribution in [0.15, 0.2) is 48.8 Å². The van der Waals surface area contributed by atoms with Gasteiger partial charge in [0.1, 0.15) is 18.0 Å². The van der Waals surface area contributed by atoms with Gasteiger partial charge in [0.05, 0.1) is 15.6 Å². The van der Waals surface area contributed by atoms with Crippen molar-refractivity contribution in [2.45, 2.75) is 19.8 Å². The van der Waals surface area contributed by atoms with E-state index in [1.165, 1.54) is 29.3 Å². The normalized spacial score (nSPS) is 15.1. The molecule has 2 aromatic heterocycles. The molecule has 0 bridgehead atoms. The number of hydrogen-bond acceptors (Lipinski definition) is 5. The predicted octanol–water partition coefficient (Wildman–Crippen LogP) is 5.15. The largest absolute Gasteiger partial charge is 0.355 e. The van der Waals surface area contributed by atoms with Crippen molar-refractivity contribution in [3.63, 3.8) is 0 Å². The van der Waals surface area contributed by atoms with Crippen LogP contribution in [0.5, 0.6) is 0 Å². The van der Waals surface area contributed by atoms with Crippen molar-refractivity contribution in [1.82, 2.24) is 9.97 Å². The molecule has 0 spiro atoms. The number of aryl methyl sites for hydroxylation is 1. The Morgan fingerprint density at radius 1 is 1.13 bits per heavy atom. The third kappa shape index (κ3) is 3.39. The molecule has 0 radical (unpaired) electrons. The molecule has 1 amide bonds. The number of aromatic nitrogens is 2. The van der Waals surface area contributed by atoms with Crippen LogP contribution in [0.3, 0.4) is 0 Å². The molecule has 0 unspecified atom stereocenters. The summed E-state index contributed by atoms with van der Waals surface area (Å²) in [4.78, 5) is 23.7. The first-order valence-electron chi connectivity index (χ1n) is 10.0. The van der Waals surface area contributed by atoms with Gasteiger partial charge in [0.2, 0.25) is 5.91 Å². The molecular weight excluding hydrogens is 399 g/mol. The van der Waals surface area contributed by atoms with Gasteiger partial charge in [0.25, 0.3) is 0 Å². The van der Waals surface area contributed by atoms with Crippen LogP contribution in [-0.2, 0) is 4.79 Å². The second-order valence-corrected chi connectivity index (χ2v) is 8.76. The highest BCUT2D eigenvalue weighted by Crippen LogP contribution is 2.39. The molecule has 5 rings (SSSR count). The first-order chi connectivity index (χ1) is 14.6. The summed E-state index contributed by atoms with van der Waals surface area (Å²) in [6.07, 6.45) is 3.01. The summed E-state index contributed by atoms with van der Waals surface area (Å²) in [6.45, 7) is 3.49. The van der Waals surface area contributed by atoms with Gasteiger partial charge in [-0.1, -0.05) is 23.8 Å². The lowest BCUT2D eigenvalue weighted by Gasteiger charge is -2.32. The summed E-state index contributed by atoms with van der Waals surface area (Å²) in [6, 6.07) is 12.9. The van der Waals surface area contributed by atoms with Crippen molar-refractivity contribution in [3.05, 3.63) is 60.2 Å². The van der Waals surface area contributed by atoms with E-state index in [-0.39, 0.29) is 17.6 Å². The minimum atomic E-state index is -0.255. The zero-order chi connectivity index (χ0) is 20.7. The highest BCUT2D eigenvalue weighted by Gasteiger charge is 2.27. The van der Waals surface area contributed by atoms with Gasteiger partial charge in [0.15, 0.2) is 0 Å². The van der Waals surface area contributed by atoms with Gasteiger partial charge in [-0.25, -0.2) is 14.4 Å². The number of piperidine rings is 1. The zero-order valence-electron chi connectivity index (χ0n) is 16.6.